The highest BCUT2D eigenvalue weighted by Gasteiger charge is 2.29. The van der Waals surface area contributed by atoms with E-state index in [-0.39, 0.29) is 12.1 Å². The van der Waals surface area contributed by atoms with Crippen LogP contribution < -0.4 is 0 Å². The Kier molecular flexibility index (Phi) is 6.17. The summed E-state index contributed by atoms with van der Waals surface area (Å²) in [5.41, 5.74) is -0.0796. The second-order valence-corrected chi connectivity index (χ2v) is 4.73. The van der Waals surface area contributed by atoms with Gasteiger partial charge >= 0.3 is 5.97 Å². The number of ether oxygens (including phenoxy) is 1. The summed E-state index contributed by atoms with van der Waals surface area (Å²) in [6.45, 7) is 1.85. The average molecular weight is 305 g/mol. The summed E-state index contributed by atoms with van der Waals surface area (Å²) in [5, 5.41) is 9.63. The summed E-state index contributed by atoms with van der Waals surface area (Å²) in [6.07, 6.45) is -0.262. The molecule has 0 bridgehead atoms. The van der Waals surface area contributed by atoms with Crippen LogP contribution in [0.1, 0.15) is 24.9 Å². The predicted molar refractivity (Wildman–Crippen MR) is 70.0 cm³/mol. The van der Waals surface area contributed by atoms with Gasteiger partial charge in [-0.25, -0.2) is 18.0 Å². The molecule has 21 heavy (non-hydrogen) atoms. The maximum Gasteiger partial charge on any atom is 0.327 e. The van der Waals surface area contributed by atoms with Crippen molar-refractivity contribution in [2.24, 2.45) is 0 Å². The van der Waals surface area contributed by atoms with Gasteiger partial charge in [0.25, 0.3) is 0 Å². The minimum Gasteiger partial charge on any atom is -0.468 e. The lowest BCUT2D eigenvalue weighted by Gasteiger charge is -2.28. The van der Waals surface area contributed by atoms with E-state index in [4.69, 9.17) is 0 Å². The highest BCUT2D eigenvalue weighted by molar-refractivity contribution is 5.77. The molecule has 1 rings (SSSR count). The summed E-state index contributed by atoms with van der Waals surface area (Å²) in [5.74, 6) is -5.13. The number of methoxy groups -OCH3 is 1. The third-order valence-electron chi connectivity index (χ3n) is 3.16. The minimum atomic E-state index is -1.60. The third kappa shape index (κ3) is 4.18. The largest absolute Gasteiger partial charge is 0.468 e. The van der Waals surface area contributed by atoms with Gasteiger partial charge in [0.1, 0.15) is 6.04 Å². The highest BCUT2D eigenvalue weighted by Crippen LogP contribution is 2.25. The Hall–Kier alpha value is -1.60. The number of nitrogens with zero attached hydrogens (tertiary/aromatic N) is 1. The Morgan fingerprint density at radius 3 is 2.29 bits per heavy atom. The average Bonchev–Trinajstić information content (AvgIpc) is 2.44. The first-order valence-corrected chi connectivity index (χ1v) is 6.42. The van der Waals surface area contributed by atoms with Gasteiger partial charge in [-0.1, -0.05) is 6.92 Å². The maximum absolute atomic E-state index is 13.3. The molecule has 0 spiro atoms. The smallest absolute Gasteiger partial charge is 0.327 e. The third-order valence-corrected chi connectivity index (χ3v) is 3.16. The van der Waals surface area contributed by atoms with Crippen molar-refractivity contribution in [1.29, 1.82) is 0 Å². The van der Waals surface area contributed by atoms with Gasteiger partial charge in [0.05, 0.1) is 13.2 Å². The molecular weight excluding hydrogens is 287 g/mol. The van der Waals surface area contributed by atoms with Crippen LogP contribution in [0.25, 0.3) is 0 Å². The minimum absolute atomic E-state index is 0.0796. The lowest BCUT2D eigenvalue weighted by atomic mass is 10.0. The molecule has 0 amide bonds. The molecule has 0 aliphatic rings. The standard InChI is InChI=1S/C14H18F3NO3/c1-4-9(19)7-18(2)13(14(20)21-3)8-5-10(15)12(17)11(16)6-8/h5-6,9,13,19H,4,7H2,1-3H3/t9-,13?/m1/s1. The van der Waals surface area contributed by atoms with Crippen molar-refractivity contribution in [1.82, 2.24) is 4.90 Å². The number of hydrogen-bond acceptors (Lipinski definition) is 4. The van der Waals surface area contributed by atoms with Crippen LogP contribution >= 0.6 is 0 Å². The van der Waals surface area contributed by atoms with Crippen molar-refractivity contribution < 1.29 is 27.8 Å². The van der Waals surface area contributed by atoms with E-state index in [1.165, 1.54) is 11.9 Å². The quantitative estimate of drug-likeness (QED) is 0.645. The number of rotatable bonds is 6. The van der Waals surface area contributed by atoms with Crippen molar-refractivity contribution in [3.63, 3.8) is 0 Å². The first-order chi connectivity index (χ1) is 9.81. The van der Waals surface area contributed by atoms with Crippen molar-refractivity contribution >= 4 is 5.97 Å². The van der Waals surface area contributed by atoms with Gasteiger partial charge in [0, 0.05) is 6.54 Å². The summed E-state index contributed by atoms with van der Waals surface area (Å²) >= 11 is 0. The highest BCUT2D eigenvalue weighted by atomic mass is 19.2. The molecule has 118 valence electrons. The van der Waals surface area contributed by atoms with E-state index in [9.17, 15) is 23.1 Å². The molecule has 1 aromatic rings. The zero-order chi connectivity index (χ0) is 16.2. The fourth-order valence-corrected chi connectivity index (χ4v) is 1.98. The summed E-state index contributed by atoms with van der Waals surface area (Å²) < 4.78 is 44.3. The van der Waals surface area contributed by atoms with Crippen LogP contribution in [0.3, 0.4) is 0 Å². The molecule has 0 heterocycles. The van der Waals surface area contributed by atoms with Gasteiger partial charge in [-0.3, -0.25) is 4.90 Å². The number of aliphatic hydroxyl groups is 1. The number of esters is 1. The predicted octanol–water partition coefficient (Wildman–Crippen LogP) is 2.02. The van der Waals surface area contributed by atoms with E-state index in [0.29, 0.717) is 6.42 Å². The van der Waals surface area contributed by atoms with E-state index >= 15 is 0 Å². The fraction of sp³-hybridized carbons (Fsp3) is 0.500. The SMILES string of the molecule is CC[C@@H](O)CN(C)C(C(=O)OC)c1cc(F)c(F)c(F)c1. The number of likely N-dealkylation sites (N-methyl/N-ethyl adjacent to an activating group) is 1. The Morgan fingerprint density at radius 2 is 1.86 bits per heavy atom. The zero-order valence-corrected chi connectivity index (χ0v) is 12.1. The van der Waals surface area contributed by atoms with Crippen LogP contribution in [0.5, 0.6) is 0 Å². The molecule has 4 nitrogen and oxygen atoms in total. The molecule has 0 saturated heterocycles. The van der Waals surface area contributed by atoms with Gasteiger partial charge in [-0.15, -0.1) is 0 Å². The Balaban J connectivity index is 3.17. The Bertz CT molecular complexity index is 487. The molecule has 1 unspecified atom stereocenters. The number of benzene rings is 1. The summed E-state index contributed by atoms with van der Waals surface area (Å²) in [7, 11) is 2.63. The molecule has 2 atom stereocenters. The second-order valence-electron chi connectivity index (χ2n) is 4.73. The molecule has 1 N–H and O–H groups in total. The van der Waals surface area contributed by atoms with Crippen LogP contribution in [0.2, 0.25) is 0 Å². The molecule has 0 saturated carbocycles. The Labute approximate surface area is 121 Å². The van der Waals surface area contributed by atoms with Gasteiger partial charge < -0.3 is 9.84 Å². The lowest BCUT2D eigenvalue weighted by molar-refractivity contribution is -0.147. The number of carbonyl (C=O) groups excluding carboxylic acids is 1. The van der Waals surface area contributed by atoms with Crippen LogP contribution in [0.15, 0.2) is 12.1 Å². The van der Waals surface area contributed by atoms with Gasteiger partial charge in [-0.2, -0.15) is 0 Å². The molecule has 0 fully saturated rings. The summed E-state index contributed by atoms with van der Waals surface area (Å²) in [4.78, 5) is 13.2. The monoisotopic (exact) mass is 305 g/mol. The first-order valence-electron chi connectivity index (χ1n) is 6.42. The molecular formula is C14H18F3NO3. The van der Waals surface area contributed by atoms with Crippen molar-refractivity contribution in [2.75, 3.05) is 20.7 Å². The van der Waals surface area contributed by atoms with Gasteiger partial charge in [-0.05, 0) is 31.2 Å². The van der Waals surface area contributed by atoms with Gasteiger partial charge in [0.15, 0.2) is 17.5 Å². The van der Waals surface area contributed by atoms with Gasteiger partial charge in [0.2, 0.25) is 0 Å². The molecule has 0 radical (unpaired) electrons. The fourth-order valence-electron chi connectivity index (χ4n) is 1.98. The van der Waals surface area contributed by atoms with Crippen molar-refractivity contribution in [3.8, 4) is 0 Å². The van der Waals surface area contributed by atoms with Crippen LogP contribution in [-0.4, -0.2) is 42.8 Å². The van der Waals surface area contributed by atoms with Crippen LogP contribution in [-0.2, 0) is 9.53 Å². The normalized spacial score (nSPS) is 14.1. The number of hydrogen-bond donors (Lipinski definition) is 1. The van der Waals surface area contributed by atoms with E-state index < -0.39 is 35.6 Å². The van der Waals surface area contributed by atoms with E-state index in [1.807, 2.05) is 0 Å². The number of carbonyl (C=O) groups is 1. The number of aliphatic hydroxyl groups excluding tert-OH is 1. The molecule has 7 heteroatoms. The van der Waals surface area contributed by atoms with E-state index in [2.05, 4.69) is 4.74 Å². The van der Waals surface area contributed by atoms with Crippen LogP contribution in [0, 0.1) is 17.5 Å². The first kappa shape index (κ1) is 17.5. The van der Waals surface area contributed by atoms with E-state index in [0.717, 1.165) is 19.2 Å². The maximum atomic E-state index is 13.3. The molecule has 0 aromatic heterocycles. The molecule has 0 aliphatic heterocycles. The molecule has 0 aliphatic carbocycles. The van der Waals surface area contributed by atoms with Crippen molar-refractivity contribution in [2.45, 2.75) is 25.5 Å². The zero-order valence-electron chi connectivity index (χ0n) is 12.1. The van der Waals surface area contributed by atoms with E-state index in [1.54, 1.807) is 6.92 Å². The topological polar surface area (TPSA) is 49.8 Å². The van der Waals surface area contributed by atoms with Crippen LogP contribution in [0.4, 0.5) is 13.2 Å². The lowest BCUT2D eigenvalue weighted by Crippen LogP contribution is -2.37. The van der Waals surface area contributed by atoms with Crippen molar-refractivity contribution in [3.05, 3.63) is 35.1 Å². The second kappa shape index (κ2) is 7.42. The summed E-state index contributed by atoms with van der Waals surface area (Å²) in [6, 6.07) is 0.352. The molecule has 1 aromatic carbocycles. The Morgan fingerprint density at radius 1 is 1.33 bits per heavy atom. The number of halogens is 3.